The van der Waals surface area contributed by atoms with Crippen LogP contribution in [0, 0.1) is 18.7 Å². The third-order valence-electron chi connectivity index (χ3n) is 3.26. The van der Waals surface area contributed by atoms with Gasteiger partial charge in [0.05, 0.1) is 6.42 Å². The number of carbonyl (C=O) groups excluding carboxylic acids is 1. The molecule has 98 valence electrons. The lowest BCUT2D eigenvalue weighted by Crippen LogP contribution is -2.04. The van der Waals surface area contributed by atoms with Crippen molar-refractivity contribution in [1.29, 1.82) is 0 Å². The SMILES string of the molecule is Cc1ccc(-c2noc(CC(=O)C3CC3)n2)cc1F. The number of hydrogen-bond acceptors (Lipinski definition) is 4. The first kappa shape index (κ1) is 12.0. The molecule has 0 radical (unpaired) electrons. The van der Waals surface area contributed by atoms with E-state index < -0.39 is 0 Å². The van der Waals surface area contributed by atoms with Crippen molar-refractivity contribution >= 4 is 5.78 Å². The van der Waals surface area contributed by atoms with Gasteiger partial charge in [-0.3, -0.25) is 4.79 Å². The molecule has 0 atom stereocenters. The number of benzene rings is 1. The maximum Gasteiger partial charge on any atom is 0.234 e. The first-order valence-corrected chi connectivity index (χ1v) is 6.25. The lowest BCUT2D eigenvalue weighted by atomic mass is 10.1. The normalized spacial score (nSPS) is 14.6. The van der Waals surface area contributed by atoms with Crippen molar-refractivity contribution in [1.82, 2.24) is 10.1 Å². The number of aryl methyl sites for hydroxylation is 1. The van der Waals surface area contributed by atoms with Crippen molar-refractivity contribution in [3.8, 4) is 11.4 Å². The van der Waals surface area contributed by atoms with Gasteiger partial charge in [0.15, 0.2) is 0 Å². The van der Waals surface area contributed by atoms with Crippen LogP contribution in [0.2, 0.25) is 0 Å². The number of rotatable bonds is 4. The van der Waals surface area contributed by atoms with Gasteiger partial charge in [0.2, 0.25) is 11.7 Å². The second-order valence-electron chi connectivity index (χ2n) is 4.89. The van der Waals surface area contributed by atoms with Gasteiger partial charge in [0, 0.05) is 11.5 Å². The Hall–Kier alpha value is -2.04. The van der Waals surface area contributed by atoms with E-state index in [1.54, 1.807) is 19.1 Å². The molecule has 19 heavy (non-hydrogen) atoms. The minimum atomic E-state index is -0.307. The molecule has 0 aliphatic heterocycles. The Labute approximate surface area is 109 Å². The van der Waals surface area contributed by atoms with Crippen LogP contribution in [-0.4, -0.2) is 15.9 Å². The van der Waals surface area contributed by atoms with E-state index in [9.17, 15) is 9.18 Å². The standard InChI is InChI=1S/C14H13FN2O2/c1-8-2-3-10(6-11(8)15)14-16-13(19-17-14)7-12(18)9-4-5-9/h2-3,6,9H,4-5,7H2,1H3. The highest BCUT2D eigenvalue weighted by Gasteiger charge is 2.30. The summed E-state index contributed by atoms with van der Waals surface area (Å²) < 4.78 is 18.5. The van der Waals surface area contributed by atoms with Gasteiger partial charge in [-0.15, -0.1) is 0 Å². The van der Waals surface area contributed by atoms with Crippen LogP contribution in [0.15, 0.2) is 22.7 Å². The molecule has 5 heteroatoms. The molecule has 4 nitrogen and oxygen atoms in total. The number of nitrogens with zero attached hydrogens (tertiary/aromatic N) is 2. The molecule has 1 aliphatic rings. The number of aromatic nitrogens is 2. The van der Waals surface area contributed by atoms with Crippen molar-refractivity contribution in [2.75, 3.05) is 0 Å². The van der Waals surface area contributed by atoms with Crippen molar-refractivity contribution in [2.45, 2.75) is 26.2 Å². The maximum atomic E-state index is 13.5. The summed E-state index contributed by atoms with van der Waals surface area (Å²) in [6.07, 6.45) is 2.10. The van der Waals surface area contributed by atoms with Crippen LogP contribution in [0.3, 0.4) is 0 Å². The van der Waals surface area contributed by atoms with Gasteiger partial charge in [0.1, 0.15) is 11.6 Å². The maximum absolute atomic E-state index is 13.5. The van der Waals surface area contributed by atoms with Gasteiger partial charge < -0.3 is 4.52 Å². The number of halogens is 1. The fourth-order valence-corrected chi connectivity index (χ4v) is 1.87. The summed E-state index contributed by atoms with van der Waals surface area (Å²) in [6.45, 7) is 1.69. The van der Waals surface area contributed by atoms with Gasteiger partial charge in [0.25, 0.3) is 0 Å². The Bertz CT molecular complexity index is 632. The highest BCUT2D eigenvalue weighted by atomic mass is 19.1. The van der Waals surface area contributed by atoms with E-state index >= 15 is 0 Å². The first-order valence-electron chi connectivity index (χ1n) is 6.25. The molecular weight excluding hydrogens is 247 g/mol. The number of ketones is 1. The second kappa shape index (κ2) is 4.57. The molecule has 1 saturated carbocycles. The monoisotopic (exact) mass is 260 g/mol. The largest absolute Gasteiger partial charge is 0.339 e. The second-order valence-corrected chi connectivity index (χ2v) is 4.89. The van der Waals surface area contributed by atoms with Gasteiger partial charge in [-0.25, -0.2) is 4.39 Å². The quantitative estimate of drug-likeness (QED) is 0.848. The van der Waals surface area contributed by atoms with Gasteiger partial charge in [-0.05, 0) is 31.4 Å². The zero-order valence-electron chi connectivity index (χ0n) is 10.5. The zero-order valence-corrected chi connectivity index (χ0v) is 10.5. The van der Waals surface area contributed by atoms with Gasteiger partial charge in [-0.1, -0.05) is 17.3 Å². The molecule has 0 bridgehead atoms. The summed E-state index contributed by atoms with van der Waals surface area (Å²) >= 11 is 0. The predicted molar refractivity (Wildman–Crippen MR) is 65.9 cm³/mol. The Morgan fingerprint density at radius 2 is 2.26 bits per heavy atom. The molecule has 1 aliphatic carbocycles. The molecule has 1 aromatic heterocycles. The summed E-state index contributed by atoms with van der Waals surface area (Å²) in [5.74, 6) is 0.626. The van der Waals surface area contributed by atoms with E-state index in [0.29, 0.717) is 22.8 Å². The summed E-state index contributed by atoms with van der Waals surface area (Å²) in [4.78, 5) is 15.8. The van der Waals surface area contributed by atoms with E-state index in [1.165, 1.54) is 6.07 Å². The third kappa shape index (κ3) is 2.54. The Kier molecular flexibility index (Phi) is 2.89. The molecule has 0 spiro atoms. The van der Waals surface area contributed by atoms with Crippen LogP contribution in [0.4, 0.5) is 4.39 Å². The molecule has 2 aromatic rings. The Morgan fingerprint density at radius 3 is 2.95 bits per heavy atom. The van der Waals surface area contributed by atoms with Crippen molar-refractivity contribution in [3.05, 3.63) is 35.5 Å². The molecule has 0 saturated heterocycles. The molecule has 1 fully saturated rings. The summed E-state index contributed by atoms with van der Waals surface area (Å²) in [5.41, 5.74) is 1.12. The van der Waals surface area contributed by atoms with Crippen LogP contribution in [0.5, 0.6) is 0 Å². The van der Waals surface area contributed by atoms with E-state index in [0.717, 1.165) is 12.8 Å². The number of Topliss-reactive ketones (excluding diaryl/α,β-unsaturated/α-hetero) is 1. The minimum absolute atomic E-state index is 0.144. The smallest absolute Gasteiger partial charge is 0.234 e. The molecule has 0 amide bonds. The lowest BCUT2D eigenvalue weighted by molar-refractivity contribution is -0.119. The minimum Gasteiger partial charge on any atom is -0.339 e. The first-order chi connectivity index (χ1) is 9.13. The van der Waals surface area contributed by atoms with E-state index in [2.05, 4.69) is 10.1 Å². The average molecular weight is 260 g/mol. The van der Waals surface area contributed by atoms with Crippen molar-refractivity contribution in [2.24, 2.45) is 5.92 Å². The summed E-state index contributed by atoms with van der Waals surface area (Å²) in [6, 6.07) is 4.76. The summed E-state index contributed by atoms with van der Waals surface area (Å²) in [5, 5.41) is 3.79. The van der Waals surface area contributed by atoms with Crippen LogP contribution < -0.4 is 0 Å². The number of hydrogen-bond donors (Lipinski definition) is 0. The van der Waals surface area contributed by atoms with Crippen LogP contribution in [0.1, 0.15) is 24.3 Å². The van der Waals surface area contributed by atoms with E-state index in [1.807, 2.05) is 0 Å². The van der Waals surface area contributed by atoms with Gasteiger partial charge in [-0.2, -0.15) is 4.98 Å². The fourth-order valence-electron chi connectivity index (χ4n) is 1.87. The number of carbonyl (C=O) groups is 1. The van der Waals surface area contributed by atoms with E-state index in [4.69, 9.17) is 4.52 Å². The van der Waals surface area contributed by atoms with Crippen LogP contribution in [0.25, 0.3) is 11.4 Å². The fraction of sp³-hybridized carbons (Fsp3) is 0.357. The third-order valence-corrected chi connectivity index (χ3v) is 3.26. The molecule has 0 N–H and O–H groups in total. The Morgan fingerprint density at radius 1 is 1.47 bits per heavy atom. The van der Waals surface area contributed by atoms with Crippen molar-refractivity contribution < 1.29 is 13.7 Å². The van der Waals surface area contributed by atoms with Gasteiger partial charge >= 0.3 is 0 Å². The zero-order chi connectivity index (χ0) is 13.4. The summed E-state index contributed by atoms with van der Waals surface area (Å²) in [7, 11) is 0. The van der Waals surface area contributed by atoms with Crippen LogP contribution in [-0.2, 0) is 11.2 Å². The van der Waals surface area contributed by atoms with Crippen molar-refractivity contribution in [3.63, 3.8) is 0 Å². The van der Waals surface area contributed by atoms with Crippen LogP contribution >= 0.6 is 0 Å². The topological polar surface area (TPSA) is 56.0 Å². The predicted octanol–water partition coefficient (Wildman–Crippen LogP) is 2.71. The molecule has 1 aromatic carbocycles. The molecule has 1 heterocycles. The Balaban J connectivity index is 1.79. The highest BCUT2D eigenvalue weighted by Crippen LogP contribution is 2.31. The molecule has 0 unspecified atom stereocenters. The highest BCUT2D eigenvalue weighted by molar-refractivity contribution is 5.84. The average Bonchev–Trinajstić information content (AvgIpc) is 3.14. The molecular formula is C14H13FN2O2. The van der Waals surface area contributed by atoms with E-state index in [-0.39, 0.29) is 23.9 Å². The lowest BCUT2D eigenvalue weighted by Gasteiger charge is -1.97. The molecule has 3 rings (SSSR count).